The van der Waals surface area contributed by atoms with Crippen LogP contribution in [0.5, 0.6) is 0 Å². The van der Waals surface area contributed by atoms with Crippen molar-refractivity contribution >= 4 is 5.71 Å². The van der Waals surface area contributed by atoms with Gasteiger partial charge < -0.3 is 0 Å². The average Bonchev–Trinajstić information content (AvgIpc) is 2.27. The molecule has 0 N–H and O–H groups in total. The van der Waals surface area contributed by atoms with Crippen LogP contribution in [0, 0.1) is 0 Å². The Morgan fingerprint density at radius 1 is 1.50 bits per heavy atom. The average molecular weight is 131 g/mol. The van der Waals surface area contributed by atoms with Crippen molar-refractivity contribution in [2.24, 2.45) is 4.99 Å². The fourth-order valence-corrected chi connectivity index (χ4v) is 1.28. The number of rotatable bonds is 0. The largest absolute Gasteiger partial charge is 0.257 e. The molecule has 0 fully saturated rings. The number of nitrogens with zero attached hydrogens (tertiary/aromatic N) is 1. The molecule has 0 aromatic rings. The van der Waals surface area contributed by atoms with Gasteiger partial charge in [0, 0.05) is 12.1 Å². The smallest absolute Gasteiger partial charge is 0.0517 e. The van der Waals surface area contributed by atoms with Gasteiger partial charge >= 0.3 is 0 Å². The number of hydrogen-bond acceptors (Lipinski definition) is 1. The summed E-state index contributed by atoms with van der Waals surface area (Å²) in [6, 6.07) is 0. The number of hydrogen-bond donors (Lipinski definition) is 0. The molecule has 1 nitrogen and oxygen atoms in total. The molecule has 1 heteroatoms. The van der Waals surface area contributed by atoms with Crippen molar-refractivity contribution in [1.82, 2.24) is 0 Å². The maximum absolute atomic E-state index is 4.37. The summed E-state index contributed by atoms with van der Waals surface area (Å²) in [6.07, 6.45) is 9.45. The van der Waals surface area contributed by atoms with Gasteiger partial charge in [0.05, 0.1) is 5.71 Å². The van der Waals surface area contributed by atoms with E-state index < -0.39 is 0 Å². The first kappa shape index (κ1) is 5.66. The fraction of sp³-hybridized carbons (Fsp3) is 0.222. The predicted octanol–water partition coefficient (Wildman–Crippen LogP) is 2.23. The van der Waals surface area contributed by atoms with Crippen LogP contribution >= 0.6 is 0 Å². The van der Waals surface area contributed by atoms with Gasteiger partial charge in [0.1, 0.15) is 0 Å². The van der Waals surface area contributed by atoms with E-state index in [9.17, 15) is 0 Å². The van der Waals surface area contributed by atoms with E-state index in [1.165, 1.54) is 11.3 Å². The molecule has 2 aliphatic rings. The summed E-state index contributed by atoms with van der Waals surface area (Å²) < 4.78 is 0. The Kier molecular flexibility index (Phi) is 1.10. The van der Waals surface area contributed by atoms with Crippen molar-refractivity contribution in [2.75, 3.05) is 0 Å². The Balaban J connectivity index is 2.45. The molecule has 0 aromatic carbocycles. The van der Waals surface area contributed by atoms with Crippen LogP contribution in [0.1, 0.15) is 13.3 Å². The van der Waals surface area contributed by atoms with Gasteiger partial charge in [0.25, 0.3) is 0 Å². The molecule has 2 rings (SSSR count). The van der Waals surface area contributed by atoms with Crippen LogP contribution in [0.4, 0.5) is 0 Å². The van der Waals surface area contributed by atoms with Crippen LogP contribution in [0.2, 0.25) is 0 Å². The molecule has 1 aliphatic carbocycles. The zero-order chi connectivity index (χ0) is 6.97. The third-order valence-electron chi connectivity index (χ3n) is 1.73. The third kappa shape index (κ3) is 0.747. The van der Waals surface area contributed by atoms with E-state index in [1.54, 1.807) is 0 Å². The van der Waals surface area contributed by atoms with Gasteiger partial charge in [-0.25, -0.2) is 0 Å². The van der Waals surface area contributed by atoms with Crippen molar-refractivity contribution in [2.45, 2.75) is 13.3 Å². The highest BCUT2D eigenvalue weighted by atomic mass is 14.8. The minimum atomic E-state index is 1.000. The fourth-order valence-electron chi connectivity index (χ4n) is 1.28. The monoisotopic (exact) mass is 131 g/mol. The summed E-state index contributed by atoms with van der Waals surface area (Å²) in [5.74, 6) is 0. The minimum absolute atomic E-state index is 1.000. The molecule has 0 bridgehead atoms. The highest BCUT2D eigenvalue weighted by molar-refractivity contribution is 6.07. The summed E-state index contributed by atoms with van der Waals surface area (Å²) in [5.41, 5.74) is 3.64. The molecule has 0 unspecified atom stereocenters. The molecule has 50 valence electrons. The summed E-state index contributed by atoms with van der Waals surface area (Å²) in [5, 5.41) is 0. The second-order valence-corrected chi connectivity index (χ2v) is 2.60. The number of aliphatic imine (C=N–C) groups is 1. The highest BCUT2D eigenvalue weighted by Crippen LogP contribution is 2.20. The maximum atomic E-state index is 4.37. The maximum Gasteiger partial charge on any atom is 0.0517 e. The third-order valence-corrected chi connectivity index (χ3v) is 1.73. The predicted molar refractivity (Wildman–Crippen MR) is 43.0 cm³/mol. The van der Waals surface area contributed by atoms with E-state index in [4.69, 9.17) is 0 Å². The SMILES string of the molecule is CC1=CC2=CC=CCC2=N1. The molecule has 0 radical (unpaired) electrons. The topological polar surface area (TPSA) is 12.4 Å². The lowest BCUT2D eigenvalue weighted by Crippen LogP contribution is -1.97. The van der Waals surface area contributed by atoms with Gasteiger partial charge in [-0.1, -0.05) is 18.2 Å². The van der Waals surface area contributed by atoms with Crippen LogP contribution in [0.15, 0.2) is 40.6 Å². The van der Waals surface area contributed by atoms with Gasteiger partial charge in [-0.05, 0) is 18.6 Å². The summed E-state index contributed by atoms with van der Waals surface area (Å²) in [6.45, 7) is 2.03. The Labute approximate surface area is 60.5 Å². The first-order chi connectivity index (χ1) is 4.86. The van der Waals surface area contributed by atoms with E-state index in [0.29, 0.717) is 0 Å². The standard InChI is InChI=1S/C9H9N/c1-7-6-8-4-2-3-5-9(8)10-7/h2-4,6H,5H2,1H3. The molecule has 0 amide bonds. The van der Waals surface area contributed by atoms with Gasteiger partial charge in [0.15, 0.2) is 0 Å². The van der Waals surface area contributed by atoms with Crippen LogP contribution < -0.4 is 0 Å². The lowest BCUT2D eigenvalue weighted by atomic mass is 10.0. The first-order valence-corrected chi connectivity index (χ1v) is 3.49. The molecule has 0 atom stereocenters. The van der Waals surface area contributed by atoms with Crippen LogP contribution in [0.25, 0.3) is 0 Å². The normalized spacial score (nSPS) is 21.5. The van der Waals surface area contributed by atoms with Crippen LogP contribution in [-0.2, 0) is 0 Å². The zero-order valence-corrected chi connectivity index (χ0v) is 5.96. The van der Waals surface area contributed by atoms with E-state index in [1.807, 2.05) is 6.92 Å². The summed E-state index contributed by atoms with van der Waals surface area (Å²) in [4.78, 5) is 4.37. The van der Waals surface area contributed by atoms with E-state index >= 15 is 0 Å². The van der Waals surface area contributed by atoms with E-state index in [2.05, 4.69) is 29.3 Å². The van der Waals surface area contributed by atoms with E-state index in [-0.39, 0.29) is 0 Å². The van der Waals surface area contributed by atoms with Gasteiger partial charge in [-0.3, -0.25) is 4.99 Å². The molecular formula is C9H9N. The van der Waals surface area contributed by atoms with Crippen LogP contribution in [0.3, 0.4) is 0 Å². The zero-order valence-electron chi connectivity index (χ0n) is 5.96. The Morgan fingerprint density at radius 3 is 3.20 bits per heavy atom. The molecular weight excluding hydrogens is 122 g/mol. The van der Waals surface area contributed by atoms with Crippen molar-refractivity contribution in [3.8, 4) is 0 Å². The Hall–Kier alpha value is -1.11. The lowest BCUT2D eigenvalue weighted by molar-refractivity contribution is 1.31. The first-order valence-electron chi connectivity index (χ1n) is 3.49. The van der Waals surface area contributed by atoms with Gasteiger partial charge in [-0.2, -0.15) is 0 Å². The molecule has 10 heavy (non-hydrogen) atoms. The van der Waals surface area contributed by atoms with Gasteiger partial charge in [0.2, 0.25) is 0 Å². The second-order valence-electron chi connectivity index (χ2n) is 2.60. The van der Waals surface area contributed by atoms with Crippen molar-refractivity contribution < 1.29 is 0 Å². The molecule has 0 saturated heterocycles. The molecule has 0 saturated carbocycles. The van der Waals surface area contributed by atoms with Crippen molar-refractivity contribution in [3.63, 3.8) is 0 Å². The Bertz CT molecular complexity index is 277. The lowest BCUT2D eigenvalue weighted by Gasteiger charge is -2.01. The van der Waals surface area contributed by atoms with Crippen LogP contribution in [-0.4, -0.2) is 5.71 Å². The second kappa shape index (κ2) is 1.94. The van der Waals surface area contributed by atoms with E-state index in [0.717, 1.165) is 12.1 Å². The van der Waals surface area contributed by atoms with Crippen molar-refractivity contribution in [3.05, 3.63) is 35.6 Å². The quantitative estimate of drug-likeness (QED) is 0.478. The number of fused-ring (bicyclic) bond motifs is 1. The Morgan fingerprint density at radius 2 is 2.40 bits per heavy atom. The molecule has 1 heterocycles. The molecule has 0 aromatic heterocycles. The number of allylic oxidation sites excluding steroid dienone is 6. The van der Waals surface area contributed by atoms with Crippen molar-refractivity contribution in [1.29, 1.82) is 0 Å². The minimum Gasteiger partial charge on any atom is -0.257 e. The highest BCUT2D eigenvalue weighted by Gasteiger charge is 2.11. The summed E-state index contributed by atoms with van der Waals surface area (Å²) >= 11 is 0. The molecule has 0 spiro atoms. The summed E-state index contributed by atoms with van der Waals surface area (Å²) in [7, 11) is 0. The molecule has 1 aliphatic heterocycles. The van der Waals surface area contributed by atoms with Gasteiger partial charge in [-0.15, -0.1) is 0 Å².